The second-order valence-corrected chi connectivity index (χ2v) is 9.07. The summed E-state index contributed by atoms with van der Waals surface area (Å²) in [5, 5.41) is 18.6. The van der Waals surface area contributed by atoms with E-state index in [0.717, 1.165) is 34.6 Å². The van der Waals surface area contributed by atoms with Gasteiger partial charge in [0.1, 0.15) is 5.75 Å². The van der Waals surface area contributed by atoms with Gasteiger partial charge >= 0.3 is 0 Å². The van der Waals surface area contributed by atoms with Crippen molar-refractivity contribution in [2.24, 2.45) is 0 Å². The zero-order chi connectivity index (χ0) is 24.4. The first-order valence-corrected chi connectivity index (χ1v) is 12.0. The van der Waals surface area contributed by atoms with Gasteiger partial charge in [-0.1, -0.05) is 47.5 Å². The van der Waals surface area contributed by atoms with Gasteiger partial charge in [0, 0.05) is 33.2 Å². The monoisotopic (exact) mass is 506 g/mol. The molecule has 0 radical (unpaired) electrons. The van der Waals surface area contributed by atoms with E-state index in [1.807, 2.05) is 42.5 Å². The minimum atomic E-state index is -0.359. The molecule has 0 aliphatic heterocycles. The molecule has 2 N–H and O–H groups in total. The van der Waals surface area contributed by atoms with E-state index >= 15 is 0 Å². The highest BCUT2D eigenvalue weighted by atomic mass is 35.5. The fourth-order valence-corrected chi connectivity index (χ4v) is 4.87. The highest BCUT2D eigenvalue weighted by Crippen LogP contribution is 2.31. The molecule has 0 saturated carbocycles. The second kappa shape index (κ2) is 10.1. The minimum absolute atomic E-state index is 0.359. The third-order valence-corrected chi connectivity index (χ3v) is 6.66. The Bertz CT molecular complexity index is 1460. The van der Waals surface area contributed by atoms with Gasteiger partial charge in [-0.2, -0.15) is 4.68 Å². The first kappa shape index (κ1) is 23.4. The van der Waals surface area contributed by atoms with Crippen molar-refractivity contribution in [3.63, 3.8) is 0 Å². The summed E-state index contributed by atoms with van der Waals surface area (Å²) in [5.41, 5.74) is 5.24. The summed E-state index contributed by atoms with van der Waals surface area (Å²) < 4.78 is 6.99. The second-order valence-electron chi connectivity index (χ2n) is 8.22. The number of hydrogen-bond acceptors (Lipinski definition) is 5. The molecule has 0 fully saturated rings. The predicted molar refractivity (Wildman–Crippen MR) is 139 cm³/mol. The highest BCUT2D eigenvalue weighted by Gasteiger charge is 2.24. The van der Waals surface area contributed by atoms with E-state index < -0.39 is 0 Å². The van der Waals surface area contributed by atoms with Crippen LogP contribution in [0, 0.1) is 6.92 Å². The van der Waals surface area contributed by atoms with Crippen LogP contribution in [0.25, 0.3) is 16.6 Å². The zero-order valence-corrected chi connectivity index (χ0v) is 20.8. The molecule has 2 aromatic heterocycles. The molecule has 0 bridgehead atoms. The van der Waals surface area contributed by atoms with Gasteiger partial charge in [-0.15, -0.1) is 5.10 Å². The van der Waals surface area contributed by atoms with E-state index in [2.05, 4.69) is 50.9 Å². The smallest absolute Gasteiger partial charge is 0.178 e. The van der Waals surface area contributed by atoms with Crippen molar-refractivity contribution in [1.29, 1.82) is 0 Å². The molecule has 5 aromatic rings. The molecule has 5 rings (SSSR count). The van der Waals surface area contributed by atoms with Crippen LogP contribution in [0.5, 0.6) is 5.75 Å². The van der Waals surface area contributed by atoms with E-state index in [0.29, 0.717) is 22.4 Å². The van der Waals surface area contributed by atoms with Crippen LogP contribution < -0.4 is 10.1 Å². The van der Waals surface area contributed by atoms with E-state index in [1.54, 1.807) is 17.9 Å². The maximum absolute atomic E-state index is 6.64. The van der Waals surface area contributed by atoms with Crippen LogP contribution in [0.3, 0.4) is 0 Å². The number of nitrogens with zero attached hydrogens (tertiary/aromatic N) is 4. The molecule has 1 atom stereocenters. The molecule has 0 saturated heterocycles. The van der Waals surface area contributed by atoms with Gasteiger partial charge in [0.25, 0.3) is 0 Å². The number of benzene rings is 3. The summed E-state index contributed by atoms with van der Waals surface area (Å²) in [4.78, 5) is 3.47. The van der Waals surface area contributed by atoms with Crippen LogP contribution in [-0.4, -0.2) is 38.8 Å². The number of fused-ring (bicyclic) bond motifs is 1. The van der Waals surface area contributed by atoms with E-state index in [9.17, 15) is 0 Å². The van der Waals surface area contributed by atoms with Crippen molar-refractivity contribution in [3.8, 4) is 11.4 Å². The lowest BCUT2D eigenvalue weighted by molar-refractivity contribution is 0.414. The number of aryl methyl sites for hydroxylation is 1. The third-order valence-electron chi connectivity index (χ3n) is 6.09. The summed E-state index contributed by atoms with van der Waals surface area (Å²) in [7, 11) is 1.63. The average Bonchev–Trinajstić information content (AvgIpc) is 3.47. The maximum atomic E-state index is 6.64. The number of aromatic nitrogens is 5. The van der Waals surface area contributed by atoms with Crippen LogP contribution in [0.15, 0.2) is 66.7 Å². The van der Waals surface area contributed by atoms with Crippen molar-refractivity contribution in [3.05, 3.63) is 99.4 Å². The topological polar surface area (TPSA) is 80.7 Å². The van der Waals surface area contributed by atoms with E-state index in [4.69, 9.17) is 27.9 Å². The number of nitrogens with one attached hydrogen (secondary N) is 2. The van der Waals surface area contributed by atoms with Crippen molar-refractivity contribution in [2.75, 3.05) is 13.7 Å². The summed E-state index contributed by atoms with van der Waals surface area (Å²) in [5.74, 6) is 1.38. The number of methoxy groups -OCH3 is 1. The molecular formula is C26H24Cl2N6O. The molecule has 3 aromatic carbocycles. The van der Waals surface area contributed by atoms with Crippen molar-refractivity contribution >= 4 is 34.1 Å². The van der Waals surface area contributed by atoms with Crippen LogP contribution in [0.1, 0.15) is 28.7 Å². The molecule has 178 valence electrons. The van der Waals surface area contributed by atoms with Gasteiger partial charge in [0.05, 0.1) is 18.8 Å². The Morgan fingerprint density at radius 1 is 1.06 bits per heavy atom. The Morgan fingerprint density at radius 3 is 2.63 bits per heavy atom. The summed E-state index contributed by atoms with van der Waals surface area (Å²) in [6.45, 7) is 2.79. The van der Waals surface area contributed by atoms with Gasteiger partial charge < -0.3 is 15.0 Å². The lowest BCUT2D eigenvalue weighted by Gasteiger charge is -2.20. The zero-order valence-electron chi connectivity index (χ0n) is 19.3. The number of para-hydroxylation sites is 1. The number of tetrazole rings is 1. The van der Waals surface area contributed by atoms with Crippen LogP contribution in [0.2, 0.25) is 10.0 Å². The Kier molecular flexibility index (Phi) is 6.72. The molecule has 0 amide bonds. The van der Waals surface area contributed by atoms with Gasteiger partial charge in [-0.25, -0.2) is 0 Å². The number of aromatic amines is 1. The molecule has 0 spiro atoms. The van der Waals surface area contributed by atoms with Crippen LogP contribution in [0.4, 0.5) is 0 Å². The van der Waals surface area contributed by atoms with Crippen LogP contribution in [-0.2, 0) is 6.42 Å². The number of halogens is 2. The normalized spacial score (nSPS) is 12.2. The fourth-order valence-electron chi connectivity index (χ4n) is 4.36. The minimum Gasteiger partial charge on any atom is -0.497 e. The molecule has 0 aliphatic rings. The summed E-state index contributed by atoms with van der Waals surface area (Å²) >= 11 is 12.8. The van der Waals surface area contributed by atoms with Crippen LogP contribution >= 0.6 is 23.2 Å². The Balaban J connectivity index is 1.48. The largest absolute Gasteiger partial charge is 0.497 e. The van der Waals surface area contributed by atoms with Crippen molar-refractivity contribution < 1.29 is 4.74 Å². The fraction of sp³-hybridized carbons (Fsp3) is 0.192. The Labute approximate surface area is 213 Å². The quantitative estimate of drug-likeness (QED) is 0.282. The summed E-state index contributed by atoms with van der Waals surface area (Å²) in [6.07, 6.45) is 0.821. The highest BCUT2D eigenvalue weighted by molar-refractivity contribution is 6.35. The Hall–Kier alpha value is -3.39. The molecule has 7 nitrogen and oxygen atoms in total. The standard InChI is InChI=1S/C26H24Cl2N6O/c1-16-20(21-5-3-4-6-24(21)30-16)13-14-29-25(22-12-7-17(27)15-23(22)28)26-31-32-33-34(26)18-8-10-19(35-2)11-9-18/h3-12,15,25,29-30H,13-14H2,1-2H3. The van der Waals surface area contributed by atoms with Gasteiger partial charge in [-0.05, 0) is 77.4 Å². The number of hydrogen-bond donors (Lipinski definition) is 2. The first-order chi connectivity index (χ1) is 17.0. The number of H-pyrrole nitrogens is 1. The molecule has 35 heavy (non-hydrogen) atoms. The van der Waals surface area contributed by atoms with Crippen molar-refractivity contribution in [1.82, 2.24) is 30.5 Å². The lowest BCUT2D eigenvalue weighted by atomic mass is 10.0. The SMILES string of the molecule is COc1ccc(-n2nnnc2C(NCCc2c(C)[nH]c3ccccc23)c2ccc(Cl)cc2Cl)cc1. The number of rotatable bonds is 8. The van der Waals surface area contributed by atoms with E-state index in [-0.39, 0.29) is 6.04 Å². The summed E-state index contributed by atoms with van der Waals surface area (Å²) in [6, 6.07) is 21.0. The predicted octanol–water partition coefficient (Wildman–Crippen LogP) is 5.69. The average molecular weight is 507 g/mol. The molecular weight excluding hydrogens is 483 g/mol. The van der Waals surface area contributed by atoms with Gasteiger partial charge in [0.15, 0.2) is 5.82 Å². The Morgan fingerprint density at radius 2 is 1.86 bits per heavy atom. The molecule has 9 heteroatoms. The van der Waals surface area contributed by atoms with Gasteiger partial charge in [-0.3, -0.25) is 0 Å². The van der Waals surface area contributed by atoms with Crippen molar-refractivity contribution in [2.45, 2.75) is 19.4 Å². The lowest BCUT2D eigenvalue weighted by Crippen LogP contribution is -2.28. The van der Waals surface area contributed by atoms with E-state index in [1.165, 1.54) is 10.9 Å². The van der Waals surface area contributed by atoms with Gasteiger partial charge in [0.2, 0.25) is 0 Å². The third kappa shape index (κ3) is 4.75. The molecule has 1 unspecified atom stereocenters. The maximum Gasteiger partial charge on any atom is 0.178 e. The number of ether oxygens (including phenoxy) is 1. The molecule has 2 heterocycles. The first-order valence-electron chi connectivity index (χ1n) is 11.2. The molecule has 0 aliphatic carbocycles.